The van der Waals surface area contributed by atoms with Gasteiger partial charge in [0.05, 0.1) is 4.88 Å². The molecule has 1 fully saturated rings. The molecule has 1 saturated heterocycles. The molecule has 0 N–H and O–H groups in total. The van der Waals surface area contributed by atoms with Crippen LogP contribution in [0.2, 0.25) is 5.02 Å². The predicted molar refractivity (Wildman–Crippen MR) is 124 cm³/mol. The first kappa shape index (κ1) is 21.1. The summed E-state index contributed by atoms with van der Waals surface area (Å²) in [6.45, 7) is 4.70. The molecule has 3 aromatic rings. The maximum absolute atomic E-state index is 12.9. The van der Waals surface area contributed by atoms with E-state index in [4.69, 9.17) is 25.8 Å². The number of carbonyl (C=O) groups excluding carboxylic acids is 1. The van der Waals surface area contributed by atoms with Crippen molar-refractivity contribution in [1.29, 1.82) is 0 Å². The number of nitrogens with zero attached hydrogens (tertiary/aromatic N) is 2. The molecule has 5 rings (SSSR count). The summed E-state index contributed by atoms with van der Waals surface area (Å²) < 4.78 is 16.6. The zero-order valence-electron chi connectivity index (χ0n) is 17.5. The lowest BCUT2D eigenvalue weighted by molar-refractivity contribution is 0.0633. The van der Waals surface area contributed by atoms with E-state index in [-0.39, 0.29) is 12.7 Å². The molecule has 0 radical (unpaired) electrons. The normalized spacial score (nSPS) is 15.7. The molecule has 0 bridgehead atoms. The van der Waals surface area contributed by atoms with Crippen molar-refractivity contribution in [3.8, 4) is 17.2 Å². The van der Waals surface area contributed by atoms with E-state index in [1.165, 1.54) is 16.9 Å². The van der Waals surface area contributed by atoms with Crippen LogP contribution in [0.1, 0.15) is 20.8 Å². The van der Waals surface area contributed by atoms with Gasteiger partial charge in [-0.25, -0.2) is 0 Å². The molecule has 2 aliphatic rings. The van der Waals surface area contributed by atoms with Gasteiger partial charge >= 0.3 is 0 Å². The fourth-order valence-corrected chi connectivity index (χ4v) is 4.80. The number of fused-ring (bicyclic) bond motifs is 1. The third-order valence-corrected chi connectivity index (χ3v) is 6.81. The van der Waals surface area contributed by atoms with Crippen LogP contribution >= 0.6 is 22.9 Å². The van der Waals surface area contributed by atoms with Gasteiger partial charge in [0.15, 0.2) is 11.5 Å². The van der Waals surface area contributed by atoms with Crippen LogP contribution < -0.4 is 14.2 Å². The Morgan fingerprint density at radius 1 is 0.969 bits per heavy atom. The number of hydrogen-bond acceptors (Lipinski definition) is 6. The molecule has 1 aromatic heterocycles. The Hall–Kier alpha value is -2.74. The smallest absolute Gasteiger partial charge is 0.264 e. The Kier molecular flexibility index (Phi) is 6.21. The van der Waals surface area contributed by atoms with Gasteiger partial charge in [-0.3, -0.25) is 9.69 Å². The van der Waals surface area contributed by atoms with Crippen molar-refractivity contribution in [1.82, 2.24) is 9.80 Å². The molecule has 8 heteroatoms. The molecule has 3 heterocycles. The molecule has 0 atom stereocenters. The average Bonchev–Trinajstić information content (AvgIpc) is 3.48. The summed E-state index contributed by atoms with van der Waals surface area (Å²) in [4.78, 5) is 18.0. The van der Waals surface area contributed by atoms with E-state index >= 15 is 0 Å². The largest absolute Gasteiger partial charge is 0.489 e. The van der Waals surface area contributed by atoms with Crippen LogP contribution in [-0.2, 0) is 13.2 Å². The van der Waals surface area contributed by atoms with Crippen LogP contribution in [0, 0.1) is 0 Å². The number of piperazine rings is 1. The first-order chi connectivity index (χ1) is 15.6. The monoisotopic (exact) mass is 470 g/mol. The summed E-state index contributed by atoms with van der Waals surface area (Å²) in [7, 11) is 0. The standard InChI is InChI=1S/C24H23ClN2O4S/c25-19-3-1-17(2-4-19)13-26-7-9-27(10-8-26)24(28)23-11-18(15-32-23)14-29-20-5-6-21-22(12-20)31-16-30-21/h1-6,11-12,15H,7-10,13-14,16H2. The molecule has 2 aliphatic heterocycles. The molecule has 32 heavy (non-hydrogen) atoms. The molecule has 0 saturated carbocycles. The molecule has 0 aliphatic carbocycles. The summed E-state index contributed by atoms with van der Waals surface area (Å²) in [5.74, 6) is 2.23. The predicted octanol–water partition coefficient (Wildman–Crippen LogP) is 4.67. The summed E-state index contributed by atoms with van der Waals surface area (Å²) in [6, 6.07) is 15.4. The van der Waals surface area contributed by atoms with Crippen molar-refractivity contribution in [2.45, 2.75) is 13.2 Å². The quantitative estimate of drug-likeness (QED) is 0.524. The number of ether oxygens (including phenoxy) is 3. The van der Waals surface area contributed by atoms with Crippen LogP contribution in [0.25, 0.3) is 0 Å². The second-order valence-electron chi connectivity index (χ2n) is 7.82. The fraction of sp³-hybridized carbons (Fsp3) is 0.292. The third-order valence-electron chi connectivity index (χ3n) is 5.59. The van der Waals surface area contributed by atoms with Gasteiger partial charge in [-0.1, -0.05) is 23.7 Å². The zero-order chi connectivity index (χ0) is 21.9. The van der Waals surface area contributed by atoms with Gasteiger partial charge in [0.25, 0.3) is 5.91 Å². The van der Waals surface area contributed by atoms with Crippen LogP contribution in [0.15, 0.2) is 53.9 Å². The third kappa shape index (κ3) is 4.85. The van der Waals surface area contributed by atoms with E-state index in [0.29, 0.717) is 18.1 Å². The van der Waals surface area contributed by atoms with Crippen LogP contribution in [0.3, 0.4) is 0 Å². The van der Waals surface area contributed by atoms with Crippen molar-refractivity contribution in [2.24, 2.45) is 0 Å². The maximum Gasteiger partial charge on any atom is 0.264 e. The highest BCUT2D eigenvalue weighted by molar-refractivity contribution is 7.12. The molecular formula is C24H23ClN2O4S. The van der Waals surface area contributed by atoms with E-state index in [9.17, 15) is 4.79 Å². The average molecular weight is 471 g/mol. The molecule has 2 aromatic carbocycles. The van der Waals surface area contributed by atoms with Gasteiger partial charge in [-0.05, 0) is 41.3 Å². The molecule has 0 spiro atoms. The van der Waals surface area contributed by atoms with Gasteiger partial charge < -0.3 is 19.1 Å². The maximum atomic E-state index is 12.9. The number of halogens is 1. The minimum atomic E-state index is 0.0930. The Morgan fingerprint density at radius 3 is 2.56 bits per heavy atom. The Morgan fingerprint density at radius 2 is 1.75 bits per heavy atom. The Bertz CT molecular complexity index is 1090. The van der Waals surface area contributed by atoms with Crippen molar-refractivity contribution in [2.75, 3.05) is 33.0 Å². The highest BCUT2D eigenvalue weighted by Crippen LogP contribution is 2.35. The highest BCUT2D eigenvalue weighted by Gasteiger charge is 2.23. The lowest BCUT2D eigenvalue weighted by atomic mass is 10.2. The van der Waals surface area contributed by atoms with E-state index < -0.39 is 0 Å². The molecular weight excluding hydrogens is 448 g/mol. The van der Waals surface area contributed by atoms with E-state index in [2.05, 4.69) is 17.0 Å². The molecule has 1 amide bonds. The topological polar surface area (TPSA) is 51.2 Å². The highest BCUT2D eigenvalue weighted by atomic mass is 35.5. The van der Waals surface area contributed by atoms with Crippen LogP contribution in [0.5, 0.6) is 17.2 Å². The fourth-order valence-electron chi connectivity index (χ4n) is 3.81. The number of thiophene rings is 1. The van der Waals surface area contributed by atoms with Gasteiger partial charge in [0, 0.05) is 49.4 Å². The lowest BCUT2D eigenvalue weighted by Crippen LogP contribution is -2.48. The lowest BCUT2D eigenvalue weighted by Gasteiger charge is -2.34. The summed E-state index contributed by atoms with van der Waals surface area (Å²) >= 11 is 7.43. The van der Waals surface area contributed by atoms with Crippen molar-refractivity contribution >= 4 is 28.8 Å². The molecule has 166 valence electrons. The van der Waals surface area contributed by atoms with Crippen molar-refractivity contribution in [3.05, 3.63) is 74.9 Å². The second kappa shape index (κ2) is 9.40. The van der Waals surface area contributed by atoms with E-state index in [1.807, 2.05) is 46.7 Å². The molecule has 0 unspecified atom stereocenters. The van der Waals surface area contributed by atoms with Gasteiger partial charge in [0.2, 0.25) is 6.79 Å². The Labute approximate surface area is 195 Å². The van der Waals surface area contributed by atoms with E-state index in [1.54, 1.807) is 0 Å². The van der Waals surface area contributed by atoms with Gasteiger partial charge in [-0.2, -0.15) is 0 Å². The van der Waals surface area contributed by atoms with Crippen LogP contribution in [0.4, 0.5) is 0 Å². The summed E-state index contributed by atoms with van der Waals surface area (Å²) in [5, 5.41) is 2.73. The van der Waals surface area contributed by atoms with Crippen molar-refractivity contribution in [3.63, 3.8) is 0 Å². The minimum Gasteiger partial charge on any atom is -0.489 e. The number of carbonyl (C=O) groups is 1. The summed E-state index contributed by atoms with van der Waals surface area (Å²) in [6.07, 6.45) is 0. The molecule has 6 nitrogen and oxygen atoms in total. The number of rotatable bonds is 6. The minimum absolute atomic E-state index is 0.0930. The number of benzene rings is 2. The second-order valence-corrected chi connectivity index (χ2v) is 9.17. The number of amides is 1. The van der Waals surface area contributed by atoms with Crippen molar-refractivity contribution < 1.29 is 19.0 Å². The zero-order valence-corrected chi connectivity index (χ0v) is 19.0. The van der Waals surface area contributed by atoms with Gasteiger partial charge in [0.1, 0.15) is 12.4 Å². The first-order valence-electron chi connectivity index (χ1n) is 10.5. The SMILES string of the molecule is O=C(c1cc(COc2ccc3c(c2)OCO3)cs1)N1CCN(Cc2ccc(Cl)cc2)CC1. The first-order valence-corrected chi connectivity index (χ1v) is 11.8. The number of hydrogen-bond donors (Lipinski definition) is 0. The van der Waals surface area contributed by atoms with Gasteiger partial charge in [-0.15, -0.1) is 11.3 Å². The van der Waals surface area contributed by atoms with E-state index in [0.717, 1.165) is 53.9 Å². The Balaban J connectivity index is 1.12. The summed E-state index contributed by atoms with van der Waals surface area (Å²) in [5.41, 5.74) is 2.22. The van der Waals surface area contributed by atoms with Crippen LogP contribution in [-0.4, -0.2) is 48.7 Å².